The second-order valence-corrected chi connectivity index (χ2v) is 3.66. The molecule has 76 valence electrons. The summed E-state index contributed by atoms with van der Waals surface area (Å²) in [7, 11) is 0. The highest BCUT2D eigenvalue weighted by Gasteiger charge is 2.21. The van der Waals surface area contributed by atoms with Crippen molar-refractivity contribution < 1.29 is 9.90 Å². The highest BCUT2D eigenvalue weighted by molar-refractivity contribution is 6.13. The third kappa shape index (κ3) is 1.84. The number of rotatable bonds is 1. The Hall–Kier alpha value is -1.83. The van der Waals surface area contributed by atoms with Crippen molar-refractivity contribution >= 4 is 11.9 Å². The maximum absolute atomic E-state index is 11.6. The zero-order valence-corrected chi connectivity index (χ0v) is 8.36. The highest BCUT2D eigenvalue weighted by Crippen LogP contribution is 2.28. The van der Waals surface area contributed by atoms with Crippen LogP contribution in [0.5, 0.6) is 5.75 Å². The summed E-state index contributed by atoms with van der Waals surface area (Å²) >= 11 is 0. The fourth-order valence-electron chi connectivity index (χ4n) is 1.67. The first-order valence-electron chi connectivity index (χ1n) is 4.89. The van der Waals surface area contributed by atoms with Gasteiger partial charge in [0.1, 0.15) is 5.75 Å². The number of para-hydroxylation sites is 1. The van der Waals surface area contributed by atoms with E-state index < -0.39 is 0 Å². The number of aromatic hydroxyl groups is 1. The van der Waals surface area contributed by atoms with Crippen LogP contribution < -0.4 is 0 Å². The molecule has 1 fully saturated rings. The molecule has 0 aromatic heterocycles. The molecule has 0 unspecified atom stereocenters. The van der Waals surface area contributed by atoms with Crippen molar-refractivity contribution in [1.29, 1.82) is 0 Å². The van der Waals surface area contributed by atoms with E-state index in [1.165, 1.54) is 0 Å². The summed E-state index contributed by atoms with van der Waals surface area (Å²) in [6, 6.07) is 6.99. The van der Waals surface area contributed by atoms with E-state index in [1.54, 1.807) is 24.3 Å². The molecule has 0 atom stereocenters. The summed E-state index contributed by atoms with van der Waals surface area (Å²) in [5.41, 5.74) is 2.09. The summed E-state index contributed by atoms with van der Waals surface area (Å²) in [5.74, 6) is 0.230. The summed E-state index contributed by atoms with van der Waals surface area (Å²) in [4.78, 5) is 11.6. The molecule has 1 saturated carbocycles. The highest BCUT2D eigenvalue weighted by atomic mass is 16.3. The van der Waals surface area contributed by atoms with Gasteiger partial charge in [0.05, 0.1) is 0 Å². The Balaban J connectivity index is 2.36. The van der Waals surface area contributed by atoms with Crippen LogP contribution in [0.25, 0.3) is 6.08 Å². The number of Topliss-reactive ketones (excluding diaryl/α,β-unsaturated/α-hetero) is 1. The van der Waals surface area contributed by atoms with Crippen LogP contribution in [0.15, 0.2) is 42.0 Å². The molecular weight excluding hydrogens is 188 g/mol. The van der Waals surface area contributed by atoms with Crippen LogP contribution >= 0.6 is 0 Å². The number of hydrogen-bond acceptors (Lipinski definition) is 2. The van der Waals surface area contributed by atoms with E-state index >= 15 is 0 Å². The monoisotopic (exact) mass is 200 g/mol. The number of hydrogen-bond donors (Lipinski definition) is 1. The number of carbonyl (C=O) groups excluding carboxylic acids is 1. The first kappa shape index (κ1) is 9.71. The zero-order valence-electron chi connectivity index (χ0n) is 8.36. The minimum absolute atomic E-state index is 0.0262. The minimum atomic E-state index is 0.0262. The summed E-state index contributed by atoms with van der Waals surface area (Å²) in [5, 5.41) is 9.54. The SMILES string of the molecule is C=C1CC/C(=C\c2ccccc2O)C1=O. The first-order valence-corrected chi connectivity index (χ1v) is 4.89. The molecule has 2 rings (SSSR count). The molecule has 2 heteroatoms. The van der Waals surface area contributed by atoms with Gasteiger partial charge in [0.25, 0.3) is 0 Å². The zero-order chi connectivity index (χ0) is 10.8. The lowest BCUT2D eigenvalue weighted by Crippen LogP contribution is -1.93. The van der Waals surface area contributed by atoms with E-state index in [1.807, 2.05) is 6.07 Å². The van der Waals surface area contributed by atoms with Crippen molar-refractivity contribution in [2.45, 2.75) is 12.8 Å². The molecule has 1 N–H and O–H groups in total. The largest absolute Gasteiger partial charge is 0.507 e. The number of benzene rings is 1. The van der Waals surface area contributed by atoms with Gasteiger partial charge in [0.2, 0.25) is 0 Å². The number of ketones is 1. The van der Waals surface area contributed by atoms with Crippen LogP contribution in [0.3, 0.4) is 0 Å². The molecule has 1 aromatic rings. The fourth-order valence-corrected chi connectivity index (χ4v) is 1.67. The Morgan fingerprint density at radius 3 is 2.60 bits per heavy atom. The molecule has 0 heterocycles. The van der Waals surface area contributed by atoms with E-state index in [2.05, 4.69) is 6.58 Å². The predicted octanol–water partition coefficient (Wildman–Crippen LogP) is 2.69. The minimum Gasteiger partial charge on any atom is -0.507 e. The quantitative estimate of drug-likeness (QED) is 0.708. The van der Waals surface area contributed by atoms with Crippen molar-refractivity contribution in [2.75, 3.05) is 0 Å². The fraction of sp³-hybridized carbons (Fsp3) is 0.154. The number of phenolic OH excluding ortho intramolecular Hbond substituents is 1. The predicted molar refractivity (Wildman–Crippen MR) is 59.5 cm³/mol. The van der Waals surface area contributed by atoms with Gasteiger partial charge in [-0.2, -0.15) is 0 Å². The molecule has 2 nitrogen and oxygen atoms in total. The lowest BCUT2D eigenvalue weighted by Gasteiger charge is -1.99. The standard InChI is InChI=1S/C13H12O2/c1-9-6-7-11(13(9)15)8-10-4-2-3-5-12(10)14/h2-5,8,14H,1,6-7H2/b11-8+. The smallest absolute Gasteiger partial charge is 0.184 e. The van der Waals surface area contributed by atoms with Gasteiger partial charge < -0.3 is 5.11 Å². The van der Waals surface area contributed by atoms with Crippen LogP contribution in [0, 0.1) is 0 Å². The maximum atomic E-state index is 11.6. The van der Waals surface area contributed by atoms with Crippen LogP contribution in [0.2, 0.25) is 0 Å². The average Bonchev–Trinajstić information content (AvgIpc) is 2.53. The Morgan fingerprint density at radius 2 is 2.00 bits per heavy atom. The van der Waals surface area contributed by atoms with Crippen molar-refractivity contribution in [1.82, 2.24) is 0 Å². The number of phenols is 1. The molecule has 0 aliphatic heterocycles. The van der Waals surface area contributed by atoms with Crippen LogP contribution in [-0.4, -0.2) is 10.9 Å². The molecule has 0 saturated heterocycles. The van der Waals surface area contributed by atoms with Crippen LogP contribution in [0.4, 0.5) is 0 Å². The van der Waals surface area contributed by atoms with Gasteiger partial charge in [0.15, 0.2) is 5.78 Å². The maximum Gasteiger partial charge on any atom is 0.184 e. The Bertz CT molecular complexity index is 455. The van der Waals surface area contributed by atoms with E-state index in [-0.39, 0.29) is 11.5 Å². The van der Waals surface area contributed by atoms with Gasteiger partial charge in [0, 0.05) is 11.1 Å². The van der Waals surface area contributed by atoms with Crippen molar-refractivity contribution in [3.05, 3.63) is 47.6 Å². The second-order valence-electron chi connectivity index (χ2n) is 3.66. The van der Waals surface area contributed by atoms with Gasteiger partial charge >= 0.3 is 0 Å². The molecular formula is C13H12O2. The average molecular weight is 200 g/mol. The third-order valence-corrected chi connectivity index (χ3v) is 2.58. The lowest BCUT2D eigenvalue weighted by molar-refractivity contribution is -0.111. The van der Waals surface area contributed by atoms with Crippen molar-refractivity contribution in [2.24, 2.45) is 0 Å². The molecule has 0 spiro atoms. The van der Waals surface area contributed by atoms with E-state index in [9.17, 15) is 9.90 Å². The van der Waals surface area contributed by atoms with Crippen molar-refractivity contribution in [3.8, 4) is 5.75 Å². The van der Waals surface area contributed by atoms with E-state index in [4.69, 9.17) is 0 Å². The molecule has 0 bridgehead atoms. The molecule has 1 aromatic carbocycles. The van der Waals surface area contributed by atoms with E-state index in [0.29, 0.717) is 11.1 Å². The lowest BCUT2D eigenvalue weighted by atomic mass is 10.1. The topological polar surface area (TPSA) is 37.3 Å². The van der Waals surface area contributed by atoms with Gasteiger partial charge in [-0.3, -0.25) is 4.79 Å². The molecule has 1 aliphatic carbocycles. The van der Waals surface area contributed by atoms with Gasteiger partial charge in [-0.15, -0.1) is 0 Å². The molecule has 0 radical (unpaired) electrons. The summed E-state index contributed by atoms with van der Waals surface area (Å²) in [6.07, 6.45) is 3.21. The Labute approximate surface area is 88.6 Å². The molecule has 0 amide bonds. The van der Waals surface area contributed by atoms with Gasteiger partial charge in [-0.05, 0) is 30.6 Å². The third-order valence-electron chi connectivity index (χ3n) is 2.58. The summed E-state index contributed by atoms with van der Waals surface area (Å²) in [6.45, 7) is 3.70. The van der Waals surface area contributed by atoms with Crippen LogP contribution in [-0.2, 0) is 4.79 Å². The summed E-state index contributed by atoms with van der Waals surface area (Å²) < 4.78 is 0. The number of allylic oxidation sites excluding steroid dienone is 2. The Kier molecular flexibility index (Phi) is 2.42. The first-order chi connectivity index (χ1) is 7.18. The molecule has 15 heavy (non-hydrogen) atoms. The van der Waals surface area contributed by atoms with Crippen molar-refractivity contribution in [3.63, 3.8) is 0 Å². The Morgan fingerprint density at radius 1 is 1.27 bits per heavy atom. The second kappa shape index (κ2) is 3.73. The normalized spacial score (nSPS) is 18.8. The molecule has 1 aliphatic rings. The van der Waals surface area contributed by atoms with Crippen LogP contribution in [0.1, 0.15) is 18.4 Å². The van der Waals surface area contributed by atoms with Gasteiger partial charge in [-0.25, -0.2) is 0 Å². The van der Waals surface area contributed by atoms with E-state index in [0.717, 1.165) is 18.4 Å². The number of carbonyl (C=O) groups is 1. The van der Waals surface area contributed by atoms with Gasteiger partial charge in [-0.1, -0.05) is 24.8 Å².